The SMILES string of the molecule is CC[N+](C)(C)C.O=C(O)CC(=O)O. The molecule has 78 valence electrons. The van der Waals surface area contributed by atoms with Crippen LogP contribution in [0.25, 0.3) is 0 Å². The second-order valence-corrected chi connectivity index (χ2v) is 3.57. The first-order valence-corrected chi connectivity index (χ1v) is 3.93. The number of quaternary nitrogens is 1. The number of hydrogen-bond donors (Lipinski definition) is 2. The summed E-state index contributed by atoms with van der Waals surface area (Å²) in [7, 11) is 6.54. The van der Waals surface area contributed by atoms with Crippen LogP contribution in [-0.4, -0.2) is 54.3 Å². The third-order valence-corrected chi connectivity index (χ3v) is 1.25. The van der Waals surface area contributed by atoms with Crippen molar-refractivity contribution in [1.29, 1.82) is 0 Å². The summed E-state index contributed by atoms with van der Waals surface area (Å²) in [5.41, 5.74) is 0. The van der Waals surface area contributed by atoms with Gasteiger partial charge in [0.05, 0.1) is 27.7 Å². The second-order valence-electron chi connectivity index (χ2n) is 3.57. The molecule has 2 N–H and O–H groups in total. The Balaban J connectivity index is 0. The van der Waals surface area contributed by atoms with Crippen molar-refractivity contribution < 1.29 is 24.3 Å². The quantitative estimate of drug-likeness (QED) is 0.497. The molecule has 0 saturated heterocycles. The summed E-state index contributed by atoms with van der Waals surface area (Å²) < 4.78 is 1.07. The van der Waals surface area contributed by atoms with Gasteiger partial charge in [-0.05, 0) is 6.92 Å². The number of carboxylic acids is 2. The molecule has 5 nitrogen and oxygen atoms in total. The van der Waals surface area contributed by atoms with Crippen LogP contribution >= 0.6 is 0 Å². The molecule has 0 heterocycles. The molecule has 0 aromatic rings. The predicted molar refractivity (Wildman–Crippen MR) is 48.5 cm³/mol. The molecule has 0 aliphatic rings. The molecule has 5 heteroatoms. The van der Waals surface area contributed by atoms with Gasteiger partial charge in [0.2, 0.25) is 0 Å². The summed E-state index contributed by atoms with van der Waals surface area (Å²) in [5, 5.41) is 15.4. The third-order valence-electron chi connectivity index (χ3n) is 1.25. The average Bonchev–Trinajstić information content (AvgIpc) is 1.84. The fourth-order valence-corrected chi connectivity index (χ4v) is 0.129. The second kappa shape index (κ2) is 6.42. The lowest BCUT2D eigenvalue weighted by Crippen LogP contribution is -2.33. The van der Waals surface area contributed by atoms with Crippen LogP contribution in [0.1, 0.15) is 13.3 Å². The highest BCUT2D eigenvalue weighted by Gasteiger charge is 2.01. The topological polar surface area (TPSA) is 74.6 Å². The standard InChI is InChI=1S/C5H14N.C3H4O4/c1-5-6(2,3)4;4-2(5)1-3(6)7/h5H2,1-4H3;1H2,(H,4,5)(H,6,7)/q+1;. The van der Waals surface area contributed by atoms with E-state index in [2.05, 4.69) is 28.1 Å². The van der Waals surface area contributed by atoms with Crippen molar-refractivity contribution in [3.8, 4) is 0 Å². The van der Waals surface area contributed by atoms with Crippen LogP contribution in [0.5, 0.6) is 0 Å². The zero-order valence-electron chi connectivity index (χ0n) is 8.57. The molecule has 0 spiro atoms. The van der Waals surface area contributed by atoms with Crippen molar-refractivity contribution >= 4 is 11.9 Å². The Labute approximate surface area is 78.2 Å². The van der Waals surface area contributed by atoms with Crippen LogP contribution in [0.15, 0.2) is 0 Å². The van der Waals surface area contributed by atoms with E-state index in [1.165, 1.54) is 6.54 Å². The highest BCUT2D eigenvalue weighted by Crippen LogP contribution is 1.83. The van der Waals surface area contributed by atoms with E-state index in [1.54, 1.807) is 0 Å². The molecule has 0 aromatic heterocycles. The summed E-state index contributed by atoms with van der Waals surface area (Å²) in [6.45, 7) is 3.39. The number of carbonyl (C=O) groups is 2. The van der Waals surface area contributed by atoms with Crippen LogP contribution in [0.3, 0.4) is 0 Å². The van der Waals surface area contributed by atoms with E-state index in [9.17, 15) is 9.59 Å². The maximum atomic E-state index is 9.43. The number of carboxylic acid groups (broad SMARTS) is 2. The van der Waals surface area contributed by atoms with Gasteiger partial charge in [0.25, 0.3) is 0 Å². The largest absolute Gasteiger partial charge is 0.481 e. The lowest BCUT2D eigenvalue weighted by Gasteiger charge is -2.20. The Hall–Kier alpha value is -1.10. The Morgan fingerprint density at radius 3 is 1.31 bits per heavy atom. The van der Waals surface area contributed by atoms with Gasteiger partial charge in [-0.25, -0.2) is 0 Å². The summed E-state index contributed by atoms with van der Waals surface area (Å²) >= 11 is 0. The summed E-state index contributed by atoms with van der Waals surface area (Å²) in [6.07, 6.45) is -0.806. The fraction of sp³-hybridized carbons (Fsp3) is 0.750. The van der Waals surface area contributed by atoms with Gasteiger partial charge in [0, 0.05) is 0 Å². The highest BCUT2D eigenvalue weighted by molar-refractivity contribution is 5.88. The first-order valence-electron chi connectivity index (χ1n) is 3.93. The summed E-state index contributed by atoms with van der Waals surface area (Å²) in [5.74, 6) is -2.62. The molecule has 0 aliphatic heterocycles. The van der Waals surface area contributed by atoms with Crippen molar-refractivity contribution in [2.75, 3.05) is 27.7 Å². The van der Waals surface area contributed by atoms with Crippen molar-refractivity contribution in [1.82, 2.24) is 0 Å². The van der Waals surface area contributed by atoms with Gasteiger partial charge in [-0.2, -0.15) is 0 Å². The van der Waals surface area contributed by atoms with Crippen LogP contribution < -0.4 is 0 Å². The fourth-order valence-electron chi connectivity index (χ4n) is 0.129. The number of rotatable bonds is 3. The van der Waals surface area contributed by atoms with Crippen LogP contribution in [0, 0.1) is 0 Å². The van der Waals surface area contributed by atoms with Gasteiger partial charge in [0.1, 0.15) is 6.42 Å². The van der Waals surface area contributed by atoms with E-state index >= 15 is 0 Å². The highest BCUT2D eigenvalue weighted by atomic mass is 16.4. The van der Waals surface area contributed by atoms with Crippen LogP contribution in [-0.2, 0) is 9.59 Å². The maximum absolute atomic E-state index is 9.43. The Kier molecular flexibility index (Phi) is 7.12. The van der Waals surface area contributed by atoms with Gasteiger partial charge in [-0.15, -0.1) is 0 Å². The average molecular weight is 192 g/mol. The molecule has 0 fully saturated rings. The van der Waals surface area contributed by atoms with Crippen molar-refractivity contribution in [2.45, 2.75) is 13.3 Å². The molecule has 0 aromatic carbocycles. The van der Waals surface area contributed by atoms with Gasteiger partial charge < -0.3 is 14.7 Å². The van der Waals surface area contributed by atoms with E-state index in [1.807, 2.05) is 0 Å². The van der Waals surface area contributed by atoms with E-state index in [0.717, 1.165) is 4.48 Å². The molecular weight excluding hydrogens is 174 g/mol. The van der Waals surface area contributed by atoms with E-state index in [4.69, 9.17) is 10.2 Å². The molecule has 0 bridgehead atoms. The summed E-state index contributed by atoms with van der Waals surface area (Å²) in [6, 6.07) is 0. The molecule has 0 radical (unpaired) electrons. The first-order chi connectivity index (χ1) is 5.69. The van der Waals surface area contributed by atoms with Gasteiger partial charge in [-0.3, -0.25) is 9.59 Å². The minimum Gasteiger partial charge on any atom is -0.481 e. The molecule has 0 aliphatic carbocycles. The van der Waals surface area contributed by atoms with Crippen molar-refractivity contribution in [3.05, 3.63) is 0 Å². The number of nitrogens with zero attached hydrogens (tertiary/aromatic N) is 1. The van der Waals surface area contributed by atoms with Gasteiger partial charge >= 0.3 is 11.9 Å². The Morgan fingerprint density at radius 1 is 1.08 bits per heavy atom. The molecule has 0 rings (SSSR count). The van der Waals surface area contributed by atoms with Crippen molar-refractivity contribution in [2.24, 2.45) is 0 Å². The smallest absolute Gasteiger partial charge is 0.314 e. The molecule has 0 amide bonds. The summed E-state index contributed by atoms with van der Waals surface area (Å²) in [4.78, 5) is 18.9. The van der Waals surface area contributed by atoms with E-state index < -0.39 is 18.4 Å². The lowest BCUT2D eigenvalue weighted by atomic mass is 10.5. The minimum absolute atomic E-state index is 0.806. The zero-order chi connectivity index (χ0) is 11.1. The van der Waals surface area contributed by atoms with Crippen LogP contribution in [0.2, 0.25) is 0 Å². The van der Waals surface area contributed by atoms with E-state index in [-0.39, 0.29) is 0 Å². The minimum atomic E-state index is -1.31. The number of hydrogen-bond acceptors (Lipinski definition) is 2. The molecule has 13 heavy (non-hydrogen) atoms. The predicted octanol–water partition coefficient (Wildman–Crippen LogP) is 0.258. The molecule has 0 atom stereocenters. The van der Waals surface area contributed by atoms with Crippen molar-refractivity contribution in [3.63, 3.8) is 0 Å². The molecule has 0 saturated carbocycles. The molecule has 0 unspecified atom stereocenters. The maximum Gasteiger partial charge on any atom is 0.314 e. The van der Waals surface area contributed by atoms with Crippen LogP contribution in [0.4, 0.5) is 0 Å². The number of aliphatic carboxylic acids is 2. The van der Waals surface area contributed by atoms with Gasteiger partial charge in [0.15, 0.2) is 0 Å². The van der Waals surface area contributed by atoms with Gasteiger partial charge in [-0.1, -0.05) is 0 Å². The monoisotopic (exact) mass is 192 g/mol. The first kappa shape index (κ1) is 14.4. The molecular formula is C8H18NO4+. The van der Waals surface area contributed by atoms with E-state index in [0.29, 0.717) is 0 Å². The Bertz CT molecular complexity index is 159. The normalized spacial score (nSPS) is 9.85. The zero-order valence-corrected chi connectivity index (χ0v) is 8.57. The Morgan fingerprint density at radius 2 is 1.31 bits per heavy atom. The lowest BCUT2D eigenvalue weighted by molar-refractivity contribution is -0.868. The third kappa shape index (κ3) is 24.8.